The van der Waals surface area contributed by atoms with Gasteiger partial charge in [0.05, 0.1) is 5.69 Å². The normalized spacial score (nSPS) is 9.23. The number of nitrogens with zero attached hydrogens (tertiary/aromatic N) is 3. The highest BCUT2D eigenvalue weighted by atomic mass is 19.1. The first kappa shape index (κ1) is 15.0. The zero-order valence-corrected chi connectivity index (χ0v) is 11.5. The van der Waals surface area contributed by atoms with Crippen molar-refractivity contribution in [2.75, 3.05) is 5.43 Å². The molecule has 2 rings (SSSR count). The number of anilines is 1. The maximum absolute atomic E-state index is 12.8. The summed E-state index contributed by atoms with van der Waals surface area (Å²) in [5.41, 5.74) is 3.76. The van der Waals surface area contributed by atoms with Crippen LogP contribution in [0.2, 0.25) is 0 Å². The highest BCUT2D eigenvalue weighted by Crippen LogP contribution is 2.18. The summed E-state index contributed by atoms with van der Waals surface area (Å²) in [6.45, 7) is 0.300. The van der Waals surface area contributed by atoms with Crippen LogP contribution in [-0.4, -0.2) is 5.71 Å². The first-order valence-corrected chi connectivity index (χ1v) is 6.32. The third-order valence-electron chi connectivity index (χ3n) is 2.66. The van der Waals surface area contributed by atoms with Gasteiger partial charge in [0, 0.05) is 6.07 Å². The third kappa shape index (κ3) is 4.32. The third-order valence-corrected chi connectivity index (χ3v) is 2.66. The van der Waals surface area contributed by atoms with Crippen LogP contribution < -0.4 is 10.2 Å². The van der Waals surface area contributed by atoms with Gasteiger partial charge in [-0.2, -0.15) is 15.6 Å². The number of nitriles is 2. The molecule has 0 radical (unpaired) electrons. The van der Waals surface area contributed by atoms with E-state index < -0.39 is 0 Å². The van der Waals surface area contributed by atoms with Crippen LogP contribution in [-0.2, 0) is 6.61 Å². The molecule has 0 spiro atoms. The van der Waals surface area contributed by atoms with E-state index in [9.17, 15) is 4.39 Å². The van der Waals surface area contributed by atoms with Gasteiger partial charge >= 0.3 is 0 Å². The molecule has 0 saturated heterocycles. The minimum absolute atomic E-state index is 0.266. The minimum Gasteiger partial charge on any atom is -0.489 e. The van der Waals surface area contributed by atoms with Gasteiger partial charge in [-0.1, -0.05) is 18.2 Å². The number of hydrogen-bond donors (Lipinski definition) is 1. The molecule has 0 aliphatic heterocycles. The number of hydrogen-bond acceptors (Lipinski definition) is 5. The average Bonchev–Trinajstić information content (AvgIpc) is 2.56. The van der Waals surface area contributed by atoms with Crippen molar-refractivity contribution in [2.24, 2.45) is 5.10 Å². The molecule has 2 aromatic carbocycles. The van der Waals surface area contributed by atoms with Crippen molar-refractivity contribution in [3.05, 3.63) is 59.9 Å². The fourth-order valence-corrected chi connectivity index (χ4v) is 1.60. The predicted molar refractivity (Wildman–Crippen MR) is 79.5 cm³/mol. The van der Waals surface area contributed by atoms with Crippen molar-refractivity contribution >= 4 is 11.4 Å². The van der Waals surface area contributed by atoms with E-state index in [2.05, 4.69) is 10.5 Å². The average molecular weight is 294 g/mol. The Morgan fingerprint density at radius 2 is 1.86 bits per heavy atom. The van der Waals surface area contributed by atoms with Crippen LogP contribution in [0.3, 0.4) is 0 Å². The number of benzene rings is 2. The number of hydrazone groups is 1. The molecule has 0 amide bonds. The Hall–Kier alpha value is -3.38. The van der Waals surface area contributed by atoms with E-state index in [0.717, 1.165) is 5.56 Å². The highest BCUT2D eigenvalue weighted by molar-refractivity contribution is 6.10. The summed E-state index contributed by atoms with van der Waals surface area (Å²) in [6, 6.07) is 16.2. The van der Waals surface area contributed by atoms with Crippen LogP contribution in [0, 0.1) is 28.5 Å². The van der Waals surface area contributed by atoms with Crippen molar-refractivity contribution in [1.29, 1.82) is 10.5 Å². The molecule has 22 heavy (non-hydrogen) atoms. The zero-order chi connectivity index (χ0) is 15.8. The smallest absolute Gasteiger partial charge is 0.237 e. The zero-order valence-electron chi connectivity index (χ0n) is 11.5. The van der Waals surface area contributed by atoms with Gasteiger partial charge in [-0.05, 0) is 29.8 Å². The van der Waals surface area contributed by atoms with Crippen molar-refractivity contribution < 1.29 is 9.13 Å². The molecule has 0 aliphatic carbocycles. The molecule has 6 heteroatoms. The van der Waals surface area contributed by atoms with Crippen LogP contribution in [0.5, 0.6) is 5.75 Å². The second kappa shape index (κ2) is 7.41. The second-order valence-electron chi connectivity index (χ2n) is 4.24. The summed E-state index contributed by atoms with van der Waals surface area (Å²) in [6.07, 6.45) is 0. The van der Waals surface area contributed by atoms with E-state index in [1.165, 1.54) is 12.1 Å². The summed E-state index contributed by atoms with van der Waals surface area (Å²) in [7, 11) is 0. The molecular formula is C16H11FN4O. The van der Waals surface area contributed by atoms with E-state index in [0.29, 0.717) is 18.0 Å². The monoisotopic (exact) mass is 294 g/mol. The van der Waals surface area contributed by atoms with Gasteiger partial charge in [-0.15, -0.1) is 0 Å². The summed E-state index contributed by atoms with van der Waals surface area (Å²) >= 11 is 0. The van der Waals surface area contributed by atoms with E-state index in [-0.39, 0.29) is 11.5 Å². The lowest BCUT2D eigenvalue weighted by Gasteiger charge is -2.08. The van der Waals surface area contributed by atoms with Gasteiger partial charge in [0.1, 0.15) is 30.3 Å². The molecule has 0 saturated carbocycles. The number of ether oxygens (including phenoxy) is 1. The molecule has 0 bridgehead atoms. The quantitative estimate of drug-likeness (QED) is 0.678. The van der Waals surface area contributed by atoms with E-state index >= 15 is 0 Å². The largest absolute Gasteiger partial charge is 0.489 e. The molecule has 5 nitrogen and oxygen atoms in total. The number of rotatable bonds is 5. The van der Waals surface area contributed by atoms with Crippen molar-refractivity contribution in [1.82, 2.24) is 0 Å². The van der Waals surface area contributed by atoms with Gasteiger partial charge in [0.15, 0.2) is 0 Å². The van der Waals surface area contributed by atoms with Crippen LogP contribution in [0.15, 0.2) is 53.6 Å². The molecular weight excluding hydrogens is 283 g/mol. The van der Waals surface area contributed by atoms with Crippen LogP contribution in [0.25, 0.3) is 0 Å². The Balaban J connectivity index is 2.00. The maximum atomic E-state index is 12.8. The Morgan fingerprint density at radius 1 is 1.14 bits per heavy atom. The van der Waals surface area contributed by atoms with E-state index in [1.54, 1.807) is 48.5 Å². The number of halogens is 1. The van der Waals surface area contributed by atoms with Gasteiger partial charge in [-0.25, -0.2) is 4.39 Å². The van der Waals surface area contributed by atoms with Gasteiger partial charge in [0.2, 0.25) is 5.71 Å². The van der Waals surface area contributed by atoms with Crippen molar-refractivity contribution in [3.8, 4) is 17.9 Å². The molecule has 108 valence electrons. The van der Waals surface area contributed by atoms with Gasteiger partial charge < -0.3 is 4.74 Å². The Labute approximate surface area is 126 Å². The summed E-state index contributed by atoms with van der Waals surface area (Å²) < 4.78 is 18.4. The second-order valence-corrected chi connectivity index (χ2v) is 4.24. The van der Waals surface area contributed by atoms with Crippen molar-refractivity contribution in [2.45, 2.75) is 6.61 Å². The summed E-state index contributed by atoms with van der Waals surface area (Å²) in [5.74, 6) is 0.290. The number of nitrogens with one attached hydrogen (secondary N) is 1. The van der Waals surface area contributed by atoms with Crippen molar-refractivity contribution in [3.63, 3.8) is 0 Å². The van der Waals surface area contributed by atoms with E-state index in [1.807, 2.05) is 0 Å². The topological polar surface area (TPSA) is 81.2 Å². The Morgan fingerprint density at radius 3 is 2.55 bits per heavy atom. The molecule has 0 unspecified atom stereocenters. The maximum Gasteiger partial charge on any atom is 0.237 e. The first-order chi connectivity index (χ1) is 10.7. The minimum atomic E-state index is -0.293. The molecule has 0 aliphatic rings. The molecule has 2 aromatic rings. The lowest BCUT2D eigenvalue weighted by molar-refractivity contribution is 0.306. The molecule has 0 aromatic heterocycles. The summed E-state index contributed by atoms with van der Waals surface area (Å²) in [5, 5.41) is 20.8. The van der Waals surface area contributed by atoms with Gasteiger partial charge in [-0.3, -0.25) is 5.43 Å². The van der Waals surface area contributed by atoms with Crippen LogP contribution in [0.4, 0.5) is 10.1 Å². The Kier molecular flexibility index (Phi) is 5.06. The Bertz CT molecular complexity index is 741. The van der Waals surface area contributed by atoms with E-state index in [4.69, 9.17) is 15.3 Å². The lowest BCUT2D eigenvalue weighted by atomic mass is 10.2. The molecule has 0 fully saturated rings. The summed E-state index contributed by atoms with van der Waals surface area (Å²) in [4.78, 5) is 0. The highest BCUT2D eigenvalue weighted by Gasteiger charge is 1.99. The molecule has 0 heterocycles. The SMILES string of the molecule is N#CC(C#N)=NNc1cccc(OCc2ccc(F)cc2)c1. The fraction of sp³-hybridized carbons (Fsp3) is 0.0625. The predicted octanol–water partition coefficient (Wildman–Crippen LogP) is 3.22. The van der Waals surface area contributed by atoms with Crippen LogP contribution in [0.1, 0.15) is 5.56 Å². The van der Waals surface area contributed by atoms with Crippen LogP contribution >= 0.6 is 0 Å². The van der Waals surface area contributed by atoms with Gasteiger partial charge in [0.25, 0.3) is 0 Å². The lowest BCUT2D eigenvalue weighted by Crippen LogP contribution is -1.98. The molecule has 1 N–H and O–H groups in total. The standard InChI is InChI=1S/C16H11FN4O/c17-13-6-4-12(5-7-13)11-22-16-3-1-2-14(8-16)20-21-15(9-18)10-19/h1-8,20H,11H2. The first-order valence-electron chi connectivity index (χ1n) is 6.32. The molecule has 0 atom stereocenters. The fourth-order valence-electron chi connectivity index (χ4n) is 1.60.